The van der Waals surface area contributed by atoms with Crippen LogP contribution in [0.15, 0.2) is 40.9 Å². The van der Waals surface area contributed by atoms with Gasteiger partial charge in [-0.1, -0.05) is 17.7 Å². The number of ether oxygens (including phenoxy) is 1. The molecule has 1 aromatic carbocycles. The Morgan fingerprint density at radius 2 is 2.12 bits per heavy atom. The molecule has 0 aliphatic carbocycles. The Morgan fingerprint density at radius 1 is 1.29 bits per heavy atom. The van der Waals surface area contributed by atoms with E-state index in [0.29, 0.717) is 23.2 Å². The molecule has 1 aromatic heterocycles. The standard InChI is InChI=1S/C12H10BrClN2O/c13-10-6-8(14)4-5-11(10)17-12-3-1-2-9(7-15)16-12/h1-6H,7,15H2. The van der Waals surface area contributed by atoms with Crippen molar-refractivity contribution in [3.63, 3.8) is 0 Å². The first kappa shape index (κ1) is 12.4. The maximum Gasteiger partial charge on any atom is 0.219 e. The van der Waals surface area contributed by atoms with Gasteiger partial charge in [0, 0.05) is 17.6 Å². The van der Waals surface area contributed by atoms with Crippen LogP contribution in [0.4, 0.5) is 0 Å². The van der Waals surface area contributed by atoms with Crippen LogP contribution in [-0.4, -0.2) is 4.98 Å². The van der Waals surface area contributed by atoms with Gasteiger partial charge in [0.2, 0.25) is 5.88 Å². The van der Waals surface area contributed by atoms with Gasteiger partial charge in [-0.3, -0.25) is 0 Å². The molecule has 2 rings (SSSR count). The molecule has 0 aliphatic rings. The Bertz CT molecular complexity index is 534. The van der Waals surface area contributed by atoms with Gasteiger partial charge < -0.3 is 10.5 Å². The highest BCUT2D eigenvalue weighted by Crippen LogP contribution is 2.31. The van der Waals surface area contributed by atoms with E-state index in [1.165, 1.54) is 0 Å². The number of hydrogen-bond donors (Lipinski definition) is 1. The van der Waals surface area contributed by atoms with Gasteiger partial charge in [0.25, 0.3) is 0 Å². The first-order chi connectivity index (χ1) is 8.19. The third-order valence-corrected chi connectivity index (χ3v) is 2.95. The smallest absolute Gasteiger partial charge is 0.219 e. The summed E-state index contributed by atoms with van der Waals surface area (Å²) in [6, 6.07) is 10.8. The summed E-state index contributed by atoms with van der Waals surface area (Å²) in [5.74, 6) is 1.17. The highest BCUT2D eigenvalue weighted by molar-refractivity contribution is 9.10. The Labute approximate surface area is 113 Å². The van der Waals surface area contributed by atoms with E-state index in [4.69, 9.17) is 22.1 Å². The maximum absolute atomic E-state index is 5.85. The van der Waals surface area contributed by atoms with Crippen LogP contribution in [0.3, 0.4) is 0 Å². The summed E-state index contributed by atoms with van der Waals surface area (Å²) in [5, 5.41) is 0.646. The highest BCUT2D eigenvalue weighted by atomic mass is 79.9. The van der Waals surface area contributed by atoms with Gasteiger partial charge in [-0.05, 0) is 40.2 Å². The van der Waals surface area contributed by atoms with Crippen molar-refractivity contribution in [3.8, 4) is 11.6 Å². The molecule has 0 radical (unpaired) electrons. The van der Waals surface area contributed by atoms with Gasteiger partial charge >= 0.3 is 0 Å². The summed E-state index contributed by atoms with van der Waals surface area (Å²) >= 11 is 9.23. The lowest BCUT2D eigenvalue weighted by atomic mass is 10.3. The normalized spacial score (nSPS) is 10.3. The molecule has 1 heterocycles. The SMILES string of the molecule is NCc1cccc(Oc2ccc(Cl)cc2Br)n1. The summed E-state index contributed by atoms with van der Waals surface area (Å²) in [4.78, 5) is 4.25. The minimum Gasteiger partial charge on any atom is -0.438 e. The van der Waals surface area contributed by atoms with Crippen LogP contribution in [0.25, 0.3) is 0 Å². The first-order valence-corrected chi connectivity index (χ1v) is 6.15. The zero-order chi connectivity index (χ0) is 12.3. The zero-order valence-corrected chi connectivity index (χ0v) is 11.2. The topological polar surface area (TPSA) is 48.1 Å². The summed E-state index contributed by atoms with van der Waals surface area (Å²) in [6.45, 7) is 0.388. The van der Waals surface area contributed by atoms with Crippen LogP contribution in [-0.2, 0) is 6.54 Å². The predicted octanol–water partition coefficient (Wildman–Crippen LogP) is 3.75. The second kappa shape index (κ2) is 5.49. The summed E-state index contributed by atoms with van der Waals surface area (Å²) < 4.78 is 6.42. The third kappa shape index (κ3) is 3.19. The van der Waals surface area contributed by atoms with Gasteiger partial charge in [-0.15, -0.1) is 0 Å². The Balaban J connectivity index is 2.25. The molecule has 17 heavy (non-hydrogen) atoms. The highest BCUT2D eigenvalue weighted by Gasteiger charge is 2.04. The number of aromatic nitrogens is 1. The lowest BCUT2D eigenvalue weighted by Gasteiger charge is -2.07. The fraction of sp³-hybridized carbons (Fsp3) is 0.0833. The molecular weight excluding hydrogens is 304 g/mol. The van der Waals surface area contributed by atoms with Gasteiger partial charge in [0.1, 0.15) is 5.75 Å². The minimum atomic E-state index is 0.388. The quantitative estimate of drug-likeness (QED) is 0.939. The molecule has 2 N–H and O–H groups in total. The molecule has 5 heteroatoms. The summed E-state index contributed by atoms with van der Waals surface area (Å²) in [5.41, 5.74) is 6.30. The van der Waals surface area contributed by atoms with Crippen molar-refractivity contribution < 1.29 is 4.74 Å². The van der Waals surface area contributed by atoms with Crippen LogP contribution < -0.4 is 10.5 Å². The fourth-order valence-electron chi connectivity index (χ4n) is 1.30. The Hall–Kier alpha value is -1.10. The average Bonchev–Trinajstić information content (AvgIpc) is 2.33. The van der Waals surface area contributed by atoms with Crippen LogP contribution in [0.1, 0.15) is 5.69 Å². The summed E-state index contributed by atoms with van der Waals surface area (Å²) in [7, 11) is 0. The van der Waals surface area contributed by atoms with E-state index in [1.54, 1.807) is 24.3 Å². The molecule has 0 bridgehead atoms. The number of halogens is 2. The number of nitrogens with two attached hydrogens (primary N) is 1. The Morgan fingerprint density at radius 3 is 2.82 bits per heavy atom. The molecule has 0 fully saturated rings. The molecule has 0 saturated carbocycles. The monoisotopic (exact) mass is 312 g/mol. The van der Waals surface area contributed by atoms with E-state index < -0.39 is 0 Å². The Kier molecular flexibility index (Phi) is 3.99. The van der Waals surface area contributed by atoms with E-state index in [-0.39, 0.29) is 0 Å². The van der Waals surface area contributed by atoms with E-state index >= 15 is 0 Å². The zero-order valence-electron chi connectivity index (χ0n) is 8.86. The second-order valence-electron chi connectivity index (χ2n) is 3.35. The van der Waals surface area contributed by atoms with Crippen molar-refractivity contribution in [2.75, 3.05) is 0 Å². The molecule has 3 nitrogen and oxygen atoms in total. The fourth-order valence-corrected chi connectivity index (χ4v) is 2.06. The second-order valence-corrected chi connectivity index (χ2v) is 4.64. The minimum absolute atomic E-state index is 0.388. The number of nitrogens with zero attached hydrogens (tertiary/aromatic N) is 1. The van der Waals surface area contributed by atoms with Gasteiger partial charge in [-0.2, -0.15) is 0 Å². The number of hydrogen-bond acceptors (Lipinski definition) is 3. The summed E-state index contributed by atoms with van der Waals surface area (Å²) in [6.07, 6.45) is 0. The number of rotatable bonds is 3. The molecular formula is C12H10BrClN2O. The van der Waals surface area contributed by atoms with Crippen LogP contribution in [0.5, 0.6) is 11.6 Å². The largest absolute Gasteiger partial charge is 0.438 e. The number of pyridine rings is 1. The molecule has 0 amide bonds. The predicted molar refractivity (Wildman–Crippen MR) is 71.4 cm³/mol. The third-order valence-electron chi connectivity index (χ3n) is 2.10. The molecule has 0 atom stereocenters. The number of benzene rings is 1. The molecule has 0 saturated heterocycles. The van der Waals surface area contributed by atoms with Crippen LogP contribution >= 0.6 is 27.5 Å². The van der Waals surface area contributed by atoms with Crippen molar-refractivity contribution in [1.82, 2.24) is 4.98 Å². The van der Waals surface area contributed by atoms with E-state index in [0.717, 1.165) is 10.2 Å². The van der Waals surface area contributed by atoms with Gasteiger partial charge in [0.15, 0.2) is 0 Å². The van der Waals surface area contributed by atoms with Crippen molar-refractivity contribution in [1.29, 1.82) is 0 Å². The molecule has 0 aliphatic heterocycles. The van der Waals surface area contributed by atoms with E-state index in [9.17, 15) is 0 Å². The van der Waals surface area contributed by atoms with Crippen molar-refractivity contribution in [2.45, 2.75) is 6.54 Å². The first-order valence-electron chi connectivity index (χ1n) is 4.98. The van der Waals surface area contributed by atoms with E-state index in [1.807, 2.05) is 12.1 Å². The molecule has 88 valence electrons. The maximum atomic E-state index is 5.85. The molecule has 0 unspecified atom stereocenters. The van der Waals surface area contributed by atoms with Crippen molar-refractivity contribution >= 4 is 27.5 Å². The lowest BCUT2D eigenvalue weighted by Crippen LogP contribution is -2.00. The van der Waals surface area contributed by atoms with Crippen LogP contribution in [0.2, 0.25) is 5.02 Å². The lowest BCUT2D eigenvalue weighted by molar-refractivity contribution is 0.458. The van der Waals surface area contributed by atoms with Gasteiger partial charge in [0.05, 0.1) is 10.2 Å². The van der Waals surface area contributed by atoms with Crippen LogP contribution in [0, 0.1) is 0 Å². The van der Waals surface area contributed by atoms with Gasteiger partial charge in [-0.25, -0.2) is 4.98 Å². The average molecular weight is 314 g/mol. The molecule has 2 aromatic rings. The molecule has 0 spiro atoms. The van der Waals surface area contributed by atoms with Crippen molar-refractivity contribution in [2.24, 2.45) is 5.73 Å². The van der Waals surface area contributed by atoms with Crippen molar-refractivity contribution in [3.05, 3.63) is 51.6 Å². The van der Waals surface area contributed by atoms with E-state index in [2.05, 4.69) is 20.9 Å².